The second-order valence-electron chi connectivity index (χ2n) is 6.12. The van der Waals surface area contributed by atoms with Crippen molar-refractivity contribution >= 4 is 28.2 Å². The summed E-state index contributed by atoms with van der Waals surface area (Å²) in [7, 11) is 0. The fourth-order valence-electron chi connectivity index (χ4n) is 2.81. The summed E-state index contributed by atoms with van der Waals surface area (Å²) >= 11 is 0. The summed E-state index contributed by atoms with van der Waals surface area (Å²) in [6, 6.07) is 20.6. The van der Waals surface area contributed by atoms with E-state index in [2.05, 4.69) is 5.32 Å². The second-order valence-corrected chi connectivity index (χ2v) is 6.12. The zero-order chi connectivity index (χ0) is 18.5. The van der Waals surface area contributed by atoms with Crippen LogP contribution in [0.15, 0.2) is 66.7 Å². The first kappa shape index (κ1) is 17.7. The lowest BCUT2D eigenvalue weighted by Gasteiger charge is -2.18. The predicted molar refractivity (Wildman–Crippen MR) is 104 cm³/mol. The number of ether oxygens (including phenoxy) is 1. The fourth-order valence-corrected chi connectivity index (χ4v) is 2.81. The molecule has 3 rings (SSSR count). The van der Waals surface area contributed by atoms with Crippen LogP contribution in [0.4, 0.5) is 5.69 Å². The Morgan fingerprint density at radius 1 is 1.00 bits per heavy atom. The van der Waals surface area contributed by atoms with Gasteiger partial charge >= 0.3 is 0 Å². The Morgan fingerprint density at radius 3 is 2.50 bits per heavy atom. The Morgan fingerprint density at radius 2 is 1.73 bits per heavy atom. The van der Waals surface area contributed by atoms with Crippen molar-refractivity contribution in [2.45, 2.75) is 26.4 Å². The molecule has 0 saturated heterocycles. The molecule has 1 N–H and O–H groups in total. The van der Waals surface area contributed by atoms with Gasteiger partial charge in [-0.05, 0) is 36.9 Å². The quantitative estimate of drug-likeness (QED) is 0.649. The molecule has 0 aliphatic carbocycles. The van der Waals surface area contributed by atoms with Crippen molar-refractivity contribution in [1.29, 1.82) is 0 Å². The number of ketones is 1. The van der Waals surface area contributed by atoms with Crippen molar-refractivity contribution in [1.82, 2.24) is 0 Å². The highest BCUT2D eigenvalue weighted by Crippen LogP contribution is 2.26. The topological polar surface area (TPSA) is 55.4 Å². The van der Waals surface area contributed by atoms with Crippen LogP contribution in [0.25, 0.3) is 10.8 Å². The summed E-state index contributed by atoms with van der Waals surface area (Å²) in [5, 5.41) is 4.88. The van der Waals surface area contributed by atoms with Crippen LogP contribution in [0.3, 0.4) is 0 Å². The van der Waals surface area contributed by atoms with Gasteiger partial charge < -0.3 is 10.1 Å². The van der Waals surface area contributed by atoms with Gasteiger partial charge in [-0.2, -0.15) is 0 Å². The van der Waals surface area contributed by atoms with Crippen LogP contribution in [0.2, 0.25) is 0 Å². The molecule has 0 saturated carbocycles. The van der Waals surface area contributed by atoms with E-state index in [-0.39, 0.29) is 11.7 Å². The van der Waals surface area contributed by atoms with E-state index >= 15 is 0 Å². The third kappa shape index (κ3) is 3.91. The monoisotopic (exact) mass is 347 g/mol. The maximum absolute atomic E-state index is 12.6. The van der Waals surface area contributed by atoms with Crippen molar-refractivity contribution in [3.8, 4) is 5.75 Å². The number of hydrogen-bond donors (Lipinski definition) is 1. The molecule has 3 aromatic carbocycles. The minimum atomic E-state index is -0.623. The van der Waals surface area contributed by atoms with E-state index < -0.39 is 6.10 Å². The smallest absolute Gasteiger partial charge is 0.265 e. The van der Waals surface area contributed by atoms with Gasteiger partial charge in [0.15, 0.2) is 11.9 Å². The van der Waals surface area contributed by atoms with Crippen molar-refractivity contribution in [2.24, 2.45) is 0 Å². The van der Waals surface area contributed by atoms with E-state index in [1.54, 1.807) is 24.3 Å². The lowest BCUT2D eigenvalue weighted by molar-refractivity contribution is -0.122. The molecule has 0 aliphatic heterocycles. The molecule has 0 unspecified atom stereocenters. The summed E-state index contributed by atoms with van der Waals surface area (Å²) in [4.78, 5) is 24.1. The minimum absolute atomic E-state index is 0.0415. The van der Waals surface area contributed by atoms with Crippen LogP contribution in [-0.4, -0.2) is 17.8 Å². The number of carbonyl (C=O) groups excluding carboxylic acids is 2. The largest absolute Gasteiger partial charge is 0.480 e. The number of Topliss-reactive ketones (excluding diaryl/α,β-unsaturated/α-hetero) is 1. The van der Waals surface area contributed by atoms with Gasteiger partial charge in [-0.1, -0.05) is 55.5 Å². The molecule has 4 nitrogen and oxygen atoms in total. The standard InChI is InChI=1S/C22H21NO3/c1-3-20(22(25)23-18-11-6-10-17(14-18)15(2)24)26-21-13-7-9-16-8-4-5-12-19(16)21/h4-14,20H,3H2,1-2H3,(H,23,25)/t20-/m1/s1. The first-order chi connectivity index (χ1) is 12.6. The molecule has 0 heterocycles. The lowest BCUT2D eigenvalue weighted by atomic mass is 10.1. The predicted octanol–water partition coefficient (Wildman–Crippen LogP) is 4.84. The molecule has 26 heavy (non-hydrogen) atoms. The normalized spacial score (nSPS) is 11.8. The molecule has 4 heteroatoms. The van der Waals surface area contributed by atoms with E-state index in [0.717, 1.165) is 10.8 Å². The molecule has 1 amide bonds. The Balaban J connectivity index is 1.79. The van der Waals surface area contributed by atoms with Gasteiger partial charge in [-0.25, -0.2) is 0 Å². The Hall–Kier alpha value is -3.14. The van der Waals surface area contributed by atoms with E-state index in [9.17, 15) is 9.59 Å². The van der Waals surface area contributed by atoms with Crippen molar-refractivity contribution in [3.63, 3.8) is 0 Å². The van der Waals surface area contributed by atoms with Gasteiger partial charge in [-0.3, -0.25) is 9.59 Å². The SMILES string of the molecule is CC[C@@H](Oc1cccc2ccccc12)C(=O)Nc1cccc(C(C)=O)c1. The van der Waals surface area contributed by atoms with E-state index in [1.165, 1.54) is 6.92 Å². The van der Waals surface area contributed by atoms with Crippen LogP contribution in [0.1, 0.15) is 30.6 Å². The highest BCUT2D eigenvalue weighted by Gasteiger charge is 2.19. The van der Waals surface area contributed by atoms with Crippen LogP contribution < -0.4 is 10.1 Å². The maximum atomic E-state index is 12.6. The molecular formula is C22H21NO3. The van der Waals surface area contributed by atoms with Gasteiger partial charge in [0.25, 0.3) is 5.91 Å². The maximum Gasteiger partial charge on any atom is 0.265 e. The molecule has 0 aliphatic rings. The van der Waals surface area contributed by atoms with Crippen molar-refractivity contribution < 1.29 is 14.3 Å². The number of rotatable bonds is 6. The van der Waals surface area contributed by atoms with Gasteiger partial charge in [0, 0.05) is 16.6 Å². The average Bonchev–Trinajstić information content (AvgIpc) is 2.66. The molecule has 0 spiro atoms. The third-order valence-electron chi connectivity index (χ3n) is 4.22. The summed E-state index contributed by atoms with van der Waals surface area (Å²) in [6.45, 7) is 3.40. The molecule has 0 fully saturated rings. The summed E-state index contributed by atoms with van der Waals surface area (Å²) in [5.74, 6) is 0.406. The third-order valence-corrected chi connectivity index (χ3v) is 4.22. The van der Waals surface area contributed by atoms with E-state index in [0.29, 0.717) is 23.4 Å². The van der Waals surface area contributed by atoms with Crippen molar-refractivity contribution in [3.05, 3.63) is 72.3 Å². The zero-order valence-corrected chi connectivity index (χ0v) is 14.9. The van der Waals surface area contributed by atoms with E-state index in [4.69, 9.17) is 4.74 Å². The number of amides is 1. The average molecular weight is 347 g/mol. The number of carbonyl (C=O) groups is 2. The zero-order valence-electron chi connectivity index (χ0n) is 14.9. The van der Waals surface area contributed by atoms with Crippen LogP contribution in [0, 0.1) is 0 Å². The second kappa shape index (κ2) is 7.83. The number of nitrogens with one attached hydrogen (secondary N) is 1. The first-order valence-electron chi connectivity index (χ1n) is 8.64. The summed E-state index contributed by atoms with van der Waals surface area (Å²) in [6.07, 6.45) is -0.0941. The lowest BCUT2D eigenvalue weighted by Crippen LogP contribution is -2.32. The Bertz CT molecular complexity index is 944. The van der Waals surface area contributed by atoms with Gasteiger partial charge in [-0.15, -0.1) is 0 Å². The number of hydrogen-bond acceptors (Lipinski definition) is 3. The minimum Gasteiger partial charge on any atom is -0.480 e. The molecule has 0 aromatic heterocycles. The molecule has 0 radical (unpaired) electrons. The molecular weight excluding hydrogens is 326 g/mol. The van der Waals surface area contributed by atoms with Gasteiger partial charge in [0.1, 0.15) is 5.75 Å². The number of anilines is 1. The summed E-state index contributed by atoms with van der Waals surface area (Å²) < 4.78 is 6.01. The van der Waals surface area contributed by atoms with Crippen LogP contribution >= 0.6 is 0 Å². The van der Waals surface area contributed by atoms with Crippen LogP contribution in [0.5, 0.6) is 5.75 Å². The fraction of sp³-hybridized carbons (Fsp3) is 0.182. The number of fused-ring (bicyclic) bond motifs is 1. The van der Waals surface area contributed by atoms with Gasteiger partial charge in [0.05, 0.1) is 0 Å². The molecule has 132 valence electrons. The molecule has 0 bridgehead atoms. The molecule has 3 aromatic rings. The Kier molecular flexibility index (Phi) is 5.32. The highest BCUT2D eigenvalue weighted by atomic mass is 16.5. The van der Waals surface area contributed by atoms with Crippen molar-refractivity contribution in [2.75, 3.05) is 5.32 Å². The highest BCUT2D eigenvalue weighted by molar-refractivity contribution is 5.98. The van der Waals surface area contributed by atoms with E-state index in [1.807, 2.05) is 49.4 Å². The number of benzene rings is 3. The first-order valence-corrected chi connectivity index (χ1v) is 8.64. The molecule has 1 atom stereocenters. The van der Waals surface area contributed by atoms with Gasteiger partial charge in [0.2, 0.25) is 0 Å². The summed E-state index contributed by atoms with van der Waals surface area (Å²) in [5.41, 5.74) is 1.15. The Labute approximate surface area is 152 Å². The van der Waals surface area contributed by atoms with Crippen LogP contribution in [-0.2, 0) is 4.79 Å².